The maximum Gasteiger partial charge on any atom is 0.258 e. The van der Waals surface area contributed by atoms with Crippen LogP contribution in [0.5, 0.6) is 0 Å². The van der Waals surface area contributed by atoms with Gasteiger partial charge < -0.3 is 9.64 Å². The van der Waals surface area contributed by atoms with Crippen LogP contribution in [0.1, 0.15) is 17.3 Å². The van der Waals surface area contributed by atoms with E-state index < -0.39 is 5.82 Å². The van der Waals surface area contributed by atoms with E-state index in [4.69, 9.17) is 4.74 Å². The molecule has 1 aliphatic rings. The molecule has 1 aromatic carbocycles. The van der Waals surface area contributed by atoms with Crippen molar-refractivity contribution in [3.8, 4) is 0 Å². The van der Waals surface area contributed by atoms with Crippen molar-refractivity contribution in [2.24, 2.45) is 0 Å². The van der Waals surface area contributed by atoms with E-state index in [9.17, 15) is 9.18 Å². The fourth-order valence-electron chi connectivity index (χ4n) is 1.86. The summed E-state index contributed by atoms with van der Waals surface area (Å²) in [4.78, 5) is 13.8. The first-order valence-electron chi connectivity index (χ1n) is 5.44. The maximum atomic E-state index is 13.6. The standard InChI is InChI=1S/C12H13BrFNO2/c1-8-7-15(5-6-17-8)12(16)11-9(13)3-2-4-10(11)14/h2-4,8H,5-7H2,1H3. The number of hydrogen-bond donors (Lipinski definition) is 0. The van der Waals surface area contributed by atoms with Crippen molar-refractivity contribution < 1.29 is 13.9 Å². The summed E-state index contributed by atoms with van der Waals surface area (Å²) in [5.74, 6) is -0.784. The Morgan fingerprint density at radius 1 is 1.59 bits per heavy atom. The van der Waals surface area contributed by atoms with Crippen molar-refractivity contribution in [3.05, 3.63) is 34.1 Å². The van der Waals surface area contributed by atoms with Gasteiger partial charge in [0.1, 0.15) is 5.82 Å². The molecule has 1 amide bonds. The van der Waals surface area contributed by atoms with Crippen LogP contribution in [0.2, 0.25) is 0 Å². The van der Waals surface area contributed by atoms with Gasteiger partial charge in [-0.25, -0.2) is 4.39 Å². The molecule has 0 radical (unpaired) electrons. The molecule has 3 nitrogen and oxygen atoms in total. The molecule has 17 heavy (non-hydrogen) atoms. The monoisotopic (exact) mass is 301 g/mol. The van der Waals surface area contributed by atoms with E-state index in [0.717, 1.165) is 0 Å². The largest absolute Gasteiger partial charge is 0.375 e. The predicted molar refractivity (Wildman–Crippen MR) is 65.4 cm³/mol. The van der Waals surface area contributed by atoms with Crippen LogP contribution in [0.3, 0.4) is 0 Å². The number of ether oxygens (including phenoxy) is 1. The summed E-state index contributed by atoms with van der Waals surface area (Å²) < 4.78 is 19.5. The van der Waals surface area contributed by atoms with Gasteiger partial charge in [0.15, 0.2) is 0 Å². The van der Waals surface area contributed by atoms with Crippen molar-refractivity contribution in [3.63, 3.8) is 0 Å². The molecular weight excluding hydrogens is 289 g/mol. The second kappa shape index (κ2) is 5.14. The fourth-order valence-corrected chi connectivity index (χ4v) is 2.37. The number of nitrogens with zero attached hydrogens (tertiary/aromatic N) is 1. The van der Waals surface area contributed by atoms with E-state index in [1.807, 2.05) is 6.92 Å². The second-order valence-corrected chi connectivity index (χ2v) is 4.88. The van der Waals surface area contributed by atoms with Crippen LogP contribution in [-0.2, 0) is 4.74 Å². The lowest BCUT2D eigenvalue weighted by atomic mass is 10.1. The number of carbonyl (C=O) groups excluding carboxylic acids is 1. The highest BCUT2D eigenvalue weighted by molar-refractivity contribution is 9.10. The Labute approximate surface area is 108 Å². The van der Waals surface area contributed by atoms with E-state index in [0.29, 0.717) is 24.2 Å². The Hall–Kier alpha value is -0.940. The second-order valence-electron chi connectivity index (χ2n) is 4.03. The van der Waals surface area contributed by atoms with Gasteiger partial charge in [-0.1, -0.05) is 6.07 Å². The molecule has 0 aromatic heterocycles. The summed E-state index contributed by atoms with van der Waals surface area (Å²) in [5, 5.41) is 0. The molecule has 1 aromatic rings. The Bertz CT molecular complexity index is 418. The van der Waals surface area contributed by atoms with Gasteiger partial charge in [0.25, 0.3) is 5.91 Å². The summed E-state index contributed by atoms with van der Waals surface area (Å²) in [6.07, 6.45) is -0.00162. The Balaban J connectivity index is 2.24. The average Bonchev–Trinajstić information content (AvgIpc) is 2.28. The molecule has 0 bridgehead atoms. The van der Waals surface area contributed by atoms with Crippen LogP contribution in [0.15, 0.2) is 22.7 Å². The molecular formula is C12H13BrFNO2. The van der Waals surface area contributed by atoms with Gasteiger partial charge in [0.05, 0.1) is 18.3 Å². The molecule has 1 aliphatic heterocycles. The lowest BCUT2D eigenvalue weighted by Crippen LogP contribution is -2.44. The van der Waals surface area contributed by atoms with E-state index in [-0.39, 0.29) is 17.6 Å². The zero-order chi connectivity index (χ0) is 12.4. The van der Waals surface area contributed by atoms with Gasteiger partial charge in [-0.2, -0.15) is 0 Å². The minimum Gasteiger partial charge on any atom is -0.375 e. The maximum absolute atomic E-state index is 13.6. The summed E-state index contributed by atoms with van der Waals surface area (Å²) in [7, 11) is 0. The third kappa shape index (κ3) is 2.66. The molecule has 1 unspecified atom stereocenters. The zero-order valence-corrected chi connectivity index (χ0v) is 11.0. The van der Waals surface area contributed by atoms with E-state index in [1.54, 1.807) is 17.0 Å². The molecule has 5 heteroatoms. The molecule has 1 fully saturated rings. The third-order valence-electron chi connectivity index (χ3n) is 2.70. The van der Waals surface area contributed by atoms with Crippen molar-refractivity contribution in [1.29, 1.82) is 0 Å². The number of halogens is 2. The van der Waals surface area contributed by atoms with Gasteiger partial charge in [-0.05, 0) is 35.0 Å². The topological polar surface area (TPSA) is 29.5 Å². The van der Waals surface area contributed by atoms with Crippen LogP contribution >= 0.6 is 15.9 Å². The first-order valence-corrected chi connectivity index (χ1v) is 6.24. The molecule has 92 valence electrons. The minimum atomic E-state index is -0.497. The number of carbonyl (C=O) groups is 1. The third-order valence-corrected chi connectivity index (χ3v) is 3.37. The first-order chi connectivity index (χ1) is 8.09. The highest BCUT2D eigenvalue weighted by Crippen LogP contribution is 2.22. The normalized spacial score (nSPS) is 20.4. The van der Waals surface area contributed by atoms with Crippen LogP contribution in [-0.4, -0.2) is 36.6 Å². The number of benzene rings is 1. The summed E-state index contributed by atoms with van der Waals surface area (Å²) in [6, 6.07) is 4.53. The lowest BCUT2D eigenvalue weighted by molar-refractivity contribution is -0.0126. The molecule has 0 aliphatic carbocycles. The Morgan fingerprint density at radius 2 is 2.35 bits per heavy atom. The lowest BCUT2D eigenvalue weighted by Gasteiger charge is -2.31. The number of hydrogen-bond acceptors (Lipinski definition) is 2. The van der Waals surface area contributed by atoms with Crippen molar-refractivity contribution in [2.45, 2.75) is 13.0 Å². The van der Waals surface area contributed by atoms with Gasteiger partial charge in [-0.15, -0.1) is 0 Å². The number of rotatable bonds is 1. The van der Waals surface area contributed by atoms with E-state index in [2.05, 4.69) is 15.9 Å². The van der Waals surface area contributed by atoms with Crippen LogP contribution in [0.25, 0.3) is 0 Å². The zero-order valence-electron chi connectivity index (χ0n) is 9.45. The quantitative estimate of drug-likeness (QED) is 0.797. The van der Waals surface area contributed by atoms with E-state index >= 15 is 0 Å². The number of amides is 1. The highest BCUT2D eigenvalue weighted by atomic mass is 79.9. The van der Waals surface area contributed by atoms with Gasteiger partial charge in [0, 0.05) is 17.6 Å². The summed E-state index contributed by atoms with van der Waals surface area (Å²) >= 11 is 3.21. The van der Waals surface area contributed by atoms with E-state index in [1.165, 1.54) is 6.07 Å². The van der Waals surface area contributed by atoms with Crippen LogP contribution in [0.4, 0.5) is 4.39 Å². The predicted octanol–water partition coefficient (Wildman–Crippen LogP) is 2.45. The smallest absolute Gasteiger partial charge is 0.258 e. The fraction of sp³-hybridized carbons (Fsp3) is 0.417. The first kappa shape index (κ1) is 12.5. The number of morpholine rings is 1. The molecule has 1 heterocycles. The highest BCUT2D eigenvalue weighted by Gasteiger charge is 2.25. The Morgan fingerprint density at radius 3 is 3.00 bits per heavy atom. The summed E-state index contributed by atoms with van der Waals surface area (Å²) in [6.45, 7) is 3.40. The minimum absolute atomic E-state index is 0.00162. The average molecular weight is 302 g/mol. The van der Waals surface area contributed by atoms with Crippen molar-refractivity contribution >= 4 is 21.8 Å². The van der Waals surface area contributed by atoms with Crippen LogP contribution < -0.4 is 0 Å². The SMILES string of the molecule is CC1CN(C(=O)c2c(F)cccc2Br)CCO1. The van der Waals surface area contributed by atoms with Crippen molar-refractivity contribution in [2.75, 3.05) is 19.7 Å². The molecule has 0 spiro atoms. The molecule has 0 N–H and O–H groups in total. The molecule has 2 rings (SSSR count). The van der Waals surface area contributed by atoms with Crippen molar-refractivity contribution in [1.82, 2.24) is 4.90 Å². The molecule has 1 saturated heterocycles. The molecule has 0 saturated carbocycles. The van der Waals surface area contributed by atoms with Gasteiger partial charge in [0.2, 0.25) is 0 Å². The Kier molecular flexibility index (Phi) is 3.79. The summed E-state index contributed by atoms with van der Waals surface area (Å²) in [5.41, 5.74) is 0.0987. The van der Waals surface area contributed by atoms with Gasteiger partial charge >= 0.3 is 0 Å². The molecule has 1 atom stereocenters. The van der Waals surface area contributed by atoms with Crippen LogP contribution in [0, 0.1) is 5.82 Å². The van der Waals surface area contributed by atoms with Gasteiger partial charge in [-0.3, -0.25) is 4.79 Å².